The van der Waals surface area contributed by atoms with Crippen LogP contribution in [0.2, 0.25) is 0 Å². The molecule has 2 aromatic carbocycles. The molecular formula is C42H44N4O11. The van der Waals surface area contributed by atoms with Crippen LogP contribution in [-0.4, -0.2) is 82.5 Å². The Kier molecular flexibility index (Phi) is 14.4. The first-order valence-electron chi connectivity index (χ1n) is 17.5. The number of hydrogen-bond donors (Lipinski definition) is 2. The third kappa shape index (κ3) is 10.9. The molecular weight excluding hydrogens is 736 g/mol. The Morgan fingerprint density at radius 2 is 1.37 bits per heavy atom. The maximum absolute atomic E-state index is 11.9. The summed E-state index contributed by atoms with van der Waals surface area (Å²) in [6.45, 7) is 10.6. The Labute approximate surface area is 329 Å². The zero-order valence-corrected chi connectivity index (χ0v) is 31.4. The van der Waals surface area contributed by atoms with Gasteiger partial charge < -0.3 is 34.1 Å². The standard InChI is InChI=1S/C17H12N2O4.C14H18N2O4.C10H10O3.CH4/c20-17(21)11-8-14(19-13-3-4-18-9-12(11)13)10-1-2-15-16(7-10)23-6-5-22-15;1-5-20-12(18)11(17)9-8-15-7-6-10(9)16-13(19)14(2,3)4;1-7(11)8-2-3-9-10(6-8)13-5-4-12-9;/h1-4,7-9H,5-6H2,(H,20,21);6-8H,5H2,1-4H3,(H,15,16,19);2-3,6H,4-5H2,1H3;1H4. The molecule has 0 unspecified atom stereocenters. The fraction of sp³-hybridized carbons (Fsp3) is 0.286. The smallest absolute Gasteiger partial charge is 0.379 e. The number of ketones is 2. The van der Waals surface area contributed by atoms with Crippen LogP contribution in [0.25, 0.3) is 22.2 Å². The molecule has 3 aromatic heterocycles. The van der Waals surface area contributed by atoms with Crippen molar-refractivity contribution in [2.75, 3.05) is 38.4 Å². The van der Waals surface area contributed by atoms with Crippen LogP contribution in [0.3, 0.4) is 0 Å². The molecule has 0 spiro atoms. The molecule has 0 fully saturated rings. The molecule has 57 heavy (non-hydrogen) atoms. The average Bonchev–Trinajstić information content (AvgIpc) is 3.20. The van der Waals surface area contributed by atoms with Gasteiger partial charge >= 0.3 is 11.9 Å². The van der Waals surface area contributed by atoms with Gasteiger partial charge in [0.25, 0.3) is 5.78 Å². The molecule has 0 bridgehead atoms. The minimum absolute atomic E-state index is 0. The number of anilines is 1. The van der Waals surface area contributed by atoms with Gasteiger partial charge in [-0.1, -0.05) is 28.2 Å². The number of fused-ring (bicyclic) bond motifs is 3. The van der Waals surface area contributed by atoms with Crippen LogP contribution in [0.5, 0.6) is 23.0 Å². The number of ether oxygens (including phenoxy) is 5. The lowest BCUT2D eigenvalue weighted by Gasteiger charge is -2.19. The molecule has 1 amide bonds. The number of carbonyl (C=O) groups is 5. The van der Waals surface area contributed by atoms with E-state index in [-0.39, 0.29) is 42.5 Å². The summed E-state index contributed by atoms with van der Waals surface area (Å²) in [5.41, 5.74) is 2.41. The third-order valence-electron chi connectivity index (χ3n) is 8.08. The van der Waals surface area contributed by atoms with Gasteiger partial charge in [0, 0.05) is 46.7 Å². The summed E-state index contributed by atoms with van der Waals surface area (Å²) in [5.74, 6) is -0.320. The molecule has 0 aliphatic carbocycles. The molecule has 0 atom stereocenters. The maximum atomic E-state index is 11.9. The van der Waals surface area contributed by atoms with Gasteiger partial charge in [-0.3, -0.25) is 24.4 Å². The molecule has 2 aliphatic rings. The number of aromatic carboxylic acids is 1. The van der Waals surface area contributed by atoms with Gasteiger partial charge in [-0.25, -0.2) is 14.6 Å². The number of nitrogens with one attached hydrogen (secondary N) is 1. The number of aromatic nitrogens is 3. The number of benzene rings is 2. The summed E-state index contributed by atoms with van der Waals surface area (Å²) in [7, 11) is 0. The van der Waals surface area contributed by atoms with Gasteiger partial charge in [-0.05, 0) is 68.4 Å². The molecule has 0 radical (unpaired) electrons. The predicted octanol–water partition coefficient (Wildman–Crippen LogP) is 6.87. The summed E-state index contributed by atoms with van der Waals surface area (Å²) < 4.78 is 26.4. The highest BCUT2D eigenvalue weighted by molar-refractivity contribution is 6.42. The Morgan fingerprint density at radius 1 is 0.772 bits per heavy atom. The molecule has 7 rings (SSSR count). The van der Waals surface area contributed by atoms with Gasteiger partial charge in [0.15, 0.2) is 28.8 Å². The van der Waals surface area contributed by atoms with E-state index in [1.165, 1.54) is 31.6 Å². The number of esters is 1. The summed E-state index contributed by atoms with van der Waals surface area (Å²) in [5, 5.41) is 12.6. The van der Waals surface area contributed by atoms with Crippen molar-refractivity contribution >= 4 is 46.0 Å². The first kappa shape index (κ1) is 42.8. The Balaban J connectivity index is 0.000000195. The molecule has 0 saturated carbocycles. The number of carboxylic acid groups (broad SMARTS) is 1. The van der Waals surface area contributed by atoms with E-state index in [0.29, 0.717) is 65.8 Å². The predicted molar refractivity (Wildman–Crippen MR) is 210 cm³/mol. The van der Waals surface area contributed by atoms with Crippen molar-refractivity contribution in [1.82, 2.24) is 15.0 Å². The Bertz CT molecular complexity index is 2280. The lowest BCUT2D eigenvalue weighted by atomic mass is 9.95. The van der Waals surface area contributed by atoms with Gasteiger partial charge in [0.1, 0.15) is 26.4 Å². The summed E-state index contributed by atoms with van der Waals surface area (Å²) in [6, 6.07) is 15.4. The minimum Gasteiger partial charge on any atom is -0.486 e. The van der Waals surface area contributed by atoms with E-state index in [2.05, 4.69) is 25.0 Å². The number of hydrogen-bond acceptors (Lipinski definition) is 13. The molecule has 15 nitrogen and oxygen atoms in total. The molecule has 2 aliphatic heterocycles. The largest absolute Gasteiger partial charge is 0.486 e. The van der Waals surface area contributed by atoms with Crippen molar-refractivity contribution in [3.8, 4) is 34.3 Å². The Hall–Kier alpha value is -6.90. The van der Waals surface area contributed by atoms with Crippen molar-refractivity contribution in [2.24, 2.45) is 5.41 Å². The normalized spacial score (nSPS) is 12.2. The van der Waals surface area contributed by atoms with Gasteiger partial charge in [0.2, 0.25) is 5.91 Å². The van der Waals surface area contributed by atoms with Crippen molar-refractivity contribution in [2.45, 2.75) is 42.0 Å². The molecule has 15 heteroatoms. The first-order chi connectivity index (χ1) is 26.8. The van der Waals surface area contributed by atoms with E-state index in [1.54, 1.807) is 64.2 Å². The lowest BCUT2D eigenvalue weighted by Crippen LogP contribution is -2.29. The van der Waals surface area contributed by atoms with E-state index >= 15 is 0 Å². The van der Waals surface area contributed by atoms with E-state index in [1.807, 2.05) is 18.2 Å². The number of amides is 1. The Morgan fingerprint density at radius 3 is 1.98 bits per heavy atom. The van der Waals surface area contributed by atoms with Gasteiger partial charge in [-0.2, -0.15) is 0 Å². The van der Waals surface area contributed by atoms with Crippen molar-refractivity contribution in [1.29, 1.82) is 0 Å². The number of pyridine rings is 3. The highest BCUT2D eigenvalue weighted by Gasteiger charge is 2.26. The second-order valence-corrected chi connectivity index (χ2v) is 13.2. The highest BCUT2D eigenvalue weighted by atomic mass is 16.6. The van der Waals surface area contributed by atoms with E-state index in [0.717, 1.165) is 11.3 Å². The first-order valence-corrected chi connectivity index (χ1v) is 17.5. The van der Waals surface area contributed by atoms with E-state index < -0.39 is 23.1 Å². The fourth-order valence-corrected chi connectivity index (χ4v) is 5.16. The quantitative estimate of drug-likeness (QED) is 0.0983. The lowest BCUT2D eigenvalue weighted by molar-refractivity contribution is -0.137. The zero-order chi connectivity index (χ0) is 40.4. The minimum atomic E-state index is -1.01. The summed E-state index contributed by atoms with van der Waals surface area (Å²) >= 11 is 0. The monoisotopic (exact) mass is 780 g/mol. The molecule has 298 valence electrons. The second kappa shape index (κ2) is 19.1. The highest BCUT2D eigenvalue weighted by Crippen LogP contribution is 2.35. The molecule has 5 aromatic rings. The van der Waals surface area contributed by atoms with Crippen molar-refractivity contribution in [3.63, 3.8) is 0 Å². The molecule has 5 heterocycles. The third-order valence-corrected chi connectivity index (χ3v) is 8.08. The number of carboxylic acids is 1. The van der Waals surface area contributed by atoms with Crippen molar-refractivity contribution < 1.29 is 52.8 Å². The number of carbonyl (C=O) groups excluding carboxylic acids is 4. The number of Topliss-reactive ketones (excluding diaryl/α,β-unsaturated/α-hetero) is 2. The average molecular weight is 781 g/mol. The summed E-state index contributed by atoms with van der Waals surface area (Å²) in [6.07, 6.45) is 5.77. The summed E-state index contributed by atoms with van der Waals surface area (Å²) in [4.78, 5) is 70.2. The van der Waals surface area contributed by atoms with Crippen LogP contribution in [0.4, 0.5) is 5.69 Å². The van der Waals surface area contributed by atoms with Crippen LogP contribution in [0.1, 0.15) is 73.1 Å². The van der Waals surface area contributed by atoms with Crippen LogP contribution in [-0.2, 0) is 14.3 Å². The van der Waals surface area contributed by atoms with Crippen LogP contribution >= 0.6 is 0 Å². The molecule has 2 N–H and O–H groups in total. The second-order valence-electron chi connectivity index (χ2n) is 13.2. The SMILES string of the molecule is C.CC(=O)c1ccc2c(c1)OCCO2.CCOC(=O)C(=O)c1cnccc1NC(=O)C(C)(C)C.O=C(O)c1cc(-c2ccc3c(c2)OCCO3)nc2ccncc12. The number of nitrogens with zero attached hydrogens (tertiary/aromatic N) is 3. The maximum Gasteiger partial charge on any atom is 0.379 e. The van der Waals surface area contributed by atoms with Crippen LogP contribution in [0, 0.1) is 5.41 Å². The zero-order valence-electron chi connectivity index (χ0n) is 31.4. The van der Waals surface area contributed by atoms with Crippen LogP contribution < -0.4 is 24.3 Å². The van der Waals surface area contributed by atoms with Crippen molar-refractivity contribution in [3.05, 3.63) is 96.1 Å². The van der Waals surface area contributed by atoms with Gasteiger partial charge in [-0.15, -0.1) is 0 Å². The van der Waals surface area contributed by atoms with Crippen LogP contribution in [0.15, 0.2) is 79.4 Å². The fourth-order valence-electron chi connectivity index (χ4n) is 5.16. The molecule has 0 saturated heterocycles. The number of rotatable bonds is 7. The topological polar surface area (TPSA) is 202 Å². The van der Waals surface area contributed by atoms with Gasteiger partial charge in [0.05, 0.1) is 34.6 Å². The van der Waals surface area contributed by atoms with E-state index in [9.17, 15) is 29.1 Å². The van der Waals surface area contributed by atoms with E-state index in [4.69, 9.17) is 18.9 Å².